The van der Waals surface area contributed by atoms with Crippen LogP contribution >= 0.6 is 23.5 Å². The molecule has 18 aromatic carbocycles. The van der Waals surface area contributed by atoms with Crippen LogP contribution in [0.5, 0.6) is 5.75 Å². The Kier molecular flexibility index (Phi) is 14.7. The first kappa shape index (κ1) is 60.1. The van der Waals surface area contributed by atoms with Crippen molar-refractivity contribution in [3.63, 3.8) is 0 Å². The number of ether oxygens (including phenoxy) is 1. The third kappa shape index (κ3) is 10.1. The van der Waals surface area contributed by atoms with Gasteiger partial charge in [-0.25, -0.2) is 0 Å². The Hall–Kier alpha value is -12.1. The van der Waals surface area contributed by atoms with Gasteiger partial charge in [0.05, 0.1) is 12.0 Å². The molecule has 0 unspecified atom stereocenters. The first-order valence-corrected chi connectivity index (χ1v) is 35.9. The number of nitro benzene ring substituents is 1. The highest BCUT2D eigenvalue weighted by atomic mass is 32.2. The quantitative estimate of drug-likeness (QED) is 0.0862. The second-order valence-corrected chi connectivity index (χ2v) is 28.4. The zero-order chi connectivity index (χ0) is 67.2. The molecule has 0 atom stereocenters. The smallest absolute Gasteiger partial charge is 0.269 e. The van der Waals surface area contributed by atoms with Gasteiger partial charge in [-0.15, -0.1) is 0 Å². The second-order valence-electron chi connectivity index (χ2n) is 26.3. The third-order valence-electron chi connectivity index (χ3n) is 21.0. The van der Waals surface area contributed by atoms with E-state index in [-0.39, 0.29) is 22.4 Å². The van der Waals surface area contributed by atoms with Gasteiger partial charge in [-0.05, 0) is 188 Å². The lowest BCUT2D eigenvalue weighted by atomic mass is 9.78. The molecule has 0 spiro atoms. The molecule has 20 rings (SSSR count). The first-order chi connectivity index (χ1) is 49.9. The molecule has 101 heavy (non-hydrogen) atoms. The van der Waals surface area contributed by atoms with E-state index < -0.39 is 0 Å². The zero-order valence-electron chi connectivity index (χ0n) is 55.0. The van der Waals surface area contributed by atoms with Crippen molar-refractivity contribution in [3.05, 3.63) is 383 Å². The lowest BCUT2D eigenvalue weighted by Crippen LogP contribution is -2.12. The maximum atomic E-state index is 11.1. The molecule has 2 aliphatic rings. The minimum Gasteiger partial charge on any atom is -0.497 e. The maximum Gasteiger partial charge on any atom is 0.269 e. The van der Waals surface area contributed by atoms with Crippen molar-refractivity contribution < 1.29 is 9.66 Å². The Labute approximate surface area is 593 Å². The molecule has 0 bridgehead atoms. The van der Waals surface area contributed by atoms with Gasteiger partial charge in [0.2, 0.25) is 0 Å². The van der Waals surface area contributed by atoms with Gasteiger partial charge < -0.3 is 4.74 Å². The molecular weight excluding hydrogens is 1270 g/mol. The zero-order valence-corrected chi connectivity index (χ0v) is 56.6. The normalized spacial score (nSPS) is 12.7. The van der Waals surface area contributed by atoms with Crippen LogP contribution < -0.4 is 4.74 Å². The van der Waals surface area contributed by atoms with Crippen molar-refractivity contribution in [3.8, 4) is 50.3 Å². The molecule has 0 aliphatic carbocycles. The van der Waals surface area contributed by atoms with Gasteiger partial charge in [0.15, 0.2) is 0 Å². The number of non-ortho nitro benzene ring substituents is 1. The molecule has 4 nitrogen and oxygen atoms in total. The van der Waals surface area contributed by atoms with Gasteiger partial charge in [0.1, 0.15) is 5.75 Å². The predicted octanol–water partition coefficient (Wildman–Crippen LogP) is 26.5. The summed E-state index contributed by atoms with van der Waals surface area (Å²) < 4.78 is 5.35. The summed E-state index contributed by atoms with van der Waals surface area (Å²) in [6.07, 6.45) is 0. The van der Waals surface area contributed by atoms with Crippen LogP contribution in [-0.4, -0.2) is 12.0 Å². The van der Waals surface area contributed by atoms with Crippen LogP contribution in [0.3, 0.4) is 0 Å². The van der Waals surface area contributed by atoms with Crippen molar-refractivity contribution in [2.75, 3.05) is 7.11 Å². The number of hydrogen-bond acceptors (Lipinski definition) is 5. The summed E-state index contributed by atoms with van der Waals surface area (Å²) in [5.74, 6) is 0.963. The molecule has 0 saturated heterocycles. The van der Waals surface area contributed by atoms with Gasteiger partial charge in [0.25, 0.3) is 5.69 Å². The minimum absolute atomic E-state index is 0.0267. The Balaban J connectivity index is 0.000000140. The monoisotopic (exact) mass is 1330 g/mol. The fourth-order valence-electron chi connectivity index (χ4n) is 16.3. The van der Waals surface area contributed by atoms with E-state index in [1.165, 1.54) is 161 Å². The fourth-order valence-corrected chi connectivity index (χ4v) is 19.2. The van der Waals surface area contributed by atoms with E-state index in [1.54, 1.807) is 31.4 Å². The highest BCUT2D eigenvalue weighted by molar-refractivity contribution is 8.00. The summed E-state index contributed by atoms with van der Waals surface area (Å²) in [7, 11) is 1.70. The molecule has 0 N–H and O–H groups in total. The average Bonchev–Trinajstić information content (AvgIpc) is 0.707. The lowest BCUT2D eigenvalue weighted by molar-refractivity contribution is -0.384. The van der Waals surface area contributed by atoms with Crippen LogP contribution in [0.2, 0.25) is 0 Å². The second kappa shape index (κ2) is 24.7. The van der Waals surface area contributed by atoms with Crippen molar-refractivity contribution in [1.29, 1.82) is 0 Å². The summed E-state index contributed by atoms with van der Waals surface area (Å²) in [4.78, 5) is 16.2. The summed E-state index contributed by atoms with van der Waals surface area (Å²) >= 11 is 3.90. The molecular formula is C95H61NO3S2. The third-order valence-corrected chi connectivity index (χ3v) is 23.6. The van der Waals surface area contributed by atoms with Gasteiger partial charge in [-0.1, -0.05) is 327 Å². The molecule has 0 saturated carbocycles. The Bertz CT molecular complexity index is 6120. The van der Waals surface area contributed by atoms with Gasteiger partial charge in [-0.3, -0.25) is 10.1 Å². The van der Waals surface area contributed by atoms with E-state index in [4.69, 9.17) is 4.74 Å². The molecule has 0 fully saturated rings. The predicted molar refractivity (Wildman–Crippen MR) is 424 cm³/mol. The van der Waals surface area contributed by atoms with Crippen molar-refractivity contribution in [2.24, 2.45) is 0 Å². The number of nitro groups is 1. The number of rotatable bonds is 8. The van der Waals surface area contributed by atoms with E-state index >= 15 is 0 Å². The minimum atomic E-state index is -0.366. The molecule has 0 radical (unpaired) electrons. The molecule has 0 aromatic heterocycles. The number of benzene rings is 18. The molecule has 2 aliphatic heterocycles. The highest BCUT2D eigenvalue weighted by Crippen LogP contribution is 2.60. The van der Waals surface area contributed by atoms with E-state index in [9.17, 15) is 10.1 Å². The van der Waals surface area contributed by atoms with Crippen molar-refractivity contribution in [2.45, 2.75) is 31.4 Å². The Morgan fingerprint density at radius 1 is 0.248 bits per heavy atom. The Morgan fingerprint density at radius 2 is 0.436 bits per heavy atom. The first-order valence-electron chi connectivity index (χ1n) is 34.3. The largest absolute Gasteiger partial charge is 0.497 e. The average molecular weight is 1330 g/mol. The summed E-state index contributed by atoms with van der Waals surface area (Å²) in [5.41, 5.74) is 17.3. The summed E-state index contributed by atoms with van der Waals surface area (Å²) in [6, 6.07) is 122. The van der Waals surface area contributed by atoms with Crippen LogP contribution in [0.1, 0.15) is 45.2 Å². The molecule has 2 heterocycles. The summed E-state index contributed by atoms with van der Waals surface area (Å²) in [6.45, 7) is 0. The Morgan fingerprint density at radius 3 is 0.663 bits per heavy atom. The van der Waals surface area contributed by atoms with Gasteiger partial charge in [-0.2, -0.15) is 0 Å². The van der Waals surface area contributed by atoms with E-state index in [0.29, 0.717) is 0 Å². The van der Waals surface area contributed by atoms with Crippen LogP contribution in [0.25, 0.3) is 131 Å². The van der Waals surface area contributed by atoms with Crippen LogP contribution in [0, 0.1) is 10.1 Å². The topological polar surface area (TPSA) is 52.4 Å². The SMILES string of the molecule is COc1ccc(-c2ccc(-c3ccc(C4c5c(c6ccccc6c6ccccc56)Sc5c4c4ccccc4c4ccccc54)cc3)cc2)cc1.O=[N+]([O-])c1ccc(-c2ccc(-c3ccc(C4c5c(c6ccccc6c6ccccc56)Sc5c4c4ccccc4c4ccccc54)cc3)cc2)cc1. The summed E-state index contributed by atoms with van der Waals surface area (Å²) in [5, 5.41) is 32.1. The molecule has 476 valence electrons. The number of nitrogens with zero attached hydrogens (tertiary/aromatic N) is 1. The van der Waals surface area contributed by atoms with Crippen molar-refractivity contribution in [1.82, 2.24) is 0 Å². The van der Waals surface area contributed by atoms with Crippen LogP contribution in [0.15, 0.2) is 359 Å². The van der Waals surface area contributed by atoms with Gasteiger partial charge in [0, 0.05) is 43.6 Å². The molecule has 0 amide bonds. The van der Waals surface area contributed by atoms with Gasteiger partial charge >= 0.3 is 0 Å². The van der Waals surface area contributed by atoms with Crippen LogP contribution in [-0.2, 0) is 0 Å². The van der Waals surface area contributed by atoms with E-state index in [1.807, 2.05) is 35.7 Å². The number of hydrogen-bond donors (Lipinski definition) is 0. The standard InChI is InChI=1S/C48H32OS.C47H29NO2S/c1-49-35-28-26-33(27-29-35)31-20-18-30(19-21-31)32-22-24-34(25-23-32)44-45-40-14-6-2-10-36(40)38-12-4-8-16-42(38)47(45)50-48-43-17-9-5-13-39(43)37-11-3-7-15-41(37)46(44)48;49-48(50)34-27-25-32(26-28-34)30-19-17-29(18-20-30)31-21-23-33(24-22-31)43-44-39-13-5-1-9-35(39)37-11-3-7-15-41(37)46(44)51-47-42-16-8-4-12-38(42)36-10-2-6-14-40(36)45(43)47/h2-29,44H,1H3;1-28,43H. The van der Waals surface area contributed by atoms with Crippen molar-refractivity contribution >= 4 is 115 Å². The lowest BCUT2D eigenvalue weighted by Gasteiger charge is -2.33. The van der Waals surface area contributed by atoms with Crippen LogP contribution in [0.4, 0.5) is 5.69 Å². The molecule has 6 heteroatoms. The number of fused-ring (bicyclic) bond motifs is 24. The van der Waals surface area contributed by atoms with E-state index in [2.05, 4.69) is 303 Å². The maximum absolute atomic E-state index is 11.1. The highest BCUT2D eigenvalue weighted by Gasteiger charge is 2.36. The molecule has 18 aromatic rings. The fraction of sp³-hybridized carbons (Fsp3) is 0.0316. The number of methoxy groups -OCH3 is 1. The van der Waals surface area contributed by atoms with E-state index in [0.717, 1.165) is 28.0 Å².